The van der Waals surface area contributed by atoms with E-state index in [1.165, 1.54) is 0 Å². The molecule has 0 bridgehead atoms. The van der Waals surface area contributed by atoms with Gasteiger partial charge in [0, 0.05) is 24.4 Å². The lowest BCUT2D eigenvalue weighted by Crippen LogP contribution is -2.41. The number of para-hydroxylation sites is 2. The van der Waals surface area contributed by atoms with E-state index in [-0.39, 0.29) is 6.04 Å². The van der Waals surface area contributed by atoms with Gasteiger partial charge in [0.25, 0.3) is 0 Å². The number of rotatable bonds is 12. The van der Waals surface area contributed by atoms with Gasteiger partial charge in [-0.2, -0.15) is 5.21 Å². The zero-order valence-corrected chi connectivity index (χ0v) is 25.1. The fourth-order valence-electron chi connectivity index (χ4n) is 5.25. The van der Waals surface area contributed by atoms with Gasteiger partial charge in [0.2, 0.25) is 11.6 Å². The molecule has 2 aromatic heterocycles. The van der Waals surface area contributed by atoms with Crippen LogP contribution in [0.15, 0.2) is 109 Å². The first-order valence-electron chi connectivity index (χ1n) is 14.9. The molecule has 44 heavy (non-hydrogen) atoms. The number of hydrogen-bond donors (Lipinski definition) is 1. The second-order valence-corrected chi connectivity index (χ2v) is 10.9. The van der Waals surface area contributed by atoms with Crippen LogP contribution >= 0.6 is 0 Å². The van der Waals surface area contributed by atoms with Crippen molar-refractivity contribution in [3.63, 3.8) is 0 Å². The van der Waals surface area contributed by atoms with Gasteiger partial charge in [-0.15, -0.1) is 15.3 Å². The molecule has 9 nitrogen and oxygen atoms in total. The number of aromatic nitrogens is 7. The van der Waals surface area contributed by atoms with Gasteiger partial charge in [0.1, 0.15) is 17.3 Å². The van der Waals surface area contributed by atoms with Crippen LogP contribution in [0, 0.1) is 0 Å². The maximum absolute atomic E-state index is 6.66. The van der Waals surface area contributed by atoms with E-state index in [4.69, 9.17) is 19.6 Å². The second-order valence-electron chi connectivity index (χ2n) is 10.9. The molecular weight excluding hydrogens is 550 g/mol. The fourth-order valence-corrected chi connectivity index (χ4v) is 5.25. The van der Waals surface area contributed by atoms with E-state index in [1.54, 1.807) is 0 Å². The van der Waals surface area contributed by atoms with Crippen molar-refractivity contribution in [3.8, 4) is 34.0 Å². The molecule has 0 saturated carbocycles. The van der Waals surface area contributed by atoms with E-state index in [1.807, 2.05) is 83.5 Å². The Balaban J connectivity index is 1.35. The van der Waals surface area contributed by atoms with Gasteiger partial charge < -0.3 is 9.47 Å². The Morgan fingerprint density at radius 2 is 1.39 bits per heavy atom. The van der Waals surface area contributed by atoms with Crippen LogP contribution in [0.2, 0.25) is 0 Å². The Hall–Kier alpha value is -5.31. The van der Waals surface area contributed by atoms with E-state index in [0.29, 0.717) is 36.0 Å². The van der Waals surface area contributed by atoms with Crippen LogP contribution in [0.5, 0.6) is 11.5 Å². The molecule has 0 aliphatic rings. The van der Waals surface area contributed by atoms with E-state index < -0.39 is 5.79 Å². The van der Waals surface area contributed by atoms with Gasteiger partial charge in [0.05, 0.1) is 0 Å². The summed E-state index contributed by atoms with van der Waals surface area (Å²) in [4.78, 5) is 5.11. The third-order valence-corrected chi connectivity index (χ3v) is 7.30. The highest BCUT2D eigenvalue weighted by Gasteiger charge is 2.42. The minimum Gasteiger partial charge on any atom is -0.445 e. The molecule has 1 N–H and O–H groups in total. The first kappa shape index (κ1) is 28.8. The average Bonchev–Trinajstić information content (AvgIpc) is 3.74. The highest BCUT2D eigenvalue weighted by molar-refractivity contribution is 5.80. The SMILES string of the molecule is CCCC(Oc1ccccc1)(Oc1ccccc1)c1nc(Cc2ccc(-c3ccccc3-c3nn[nH]n3)cc2)n(C(C)C)n1. The third kappa shape index (κ3) is 6.22. The molecule has 6 rings (SSSR count). The molecule has 0 radical (unpaired) electrons. The van der Waals surface area contributed by atoms with Crippen molar-refractivity contribution in [2.75, 3.05) is 0 Å². The number of benzene rings is 4. The Morgan fingerprint density at radius 1 is 0.773 bits per heavy atom. The van der Waals surface area contributed by atoms with Crippen molar-refractivity contribution < 1.29 is 9.47 Å². The van der Waals surface area contributed by atoms with Crippen molar-refractivity contribution in [3.05, 3.63) is 126 Å². The summed E-state index contributed by atoms with van der Waals surface area (Å²) in [6.07, 6.45) is 1.96. The molecule has 9 heteroatoms. The molecule has 0 spiro atoms. The summed E-state index contributed by atoms with van der Waals surface area (Å²) in [7, 11) is 0. The predicted octanol–water partition coefficient (Wildman–Crippen LogP) is 7.41. The Morgan fingerprint density at radius 3 is 1.95 bits per heavy atom. The van der Waals surface area contributed by atoms with Gasteiger partial charge in [-0.1, -0.05) is 91.9 Å². The van der Waals surface area contributed by atoms with Crippen molar-refractivity contribution in [2.24, 2.45) is 0 Å². The van der Waals surface area contributed by atoms with E-state index in [2.05, 4.69) is 71.7 Å². The van der Waals surface area contributed by atoms with Crippen LogP contribution in [-0.4, -0.2) is 35.4 Å². The summed E-state index contributed by atoms with van der Waals surface area (Å²) in [5, 5.41) is 19.6. The van der Waals surface area contributed by atoms with Crippen LogP contribution in [0.4, 0.5) is 0 Å². The van der Waals surface area contributed by atoms with Gasteiger partial charge in [-0.3, -0.25) is 0 Å². The number of hydrogen-bond acceptors (Lipinski definition) is 7. The monoisotopic (exact) mass is 585 g/mol. The largest absolute Gasteiger partial charge is 0.445 e. The van der Waals surface area contributed by atoms with Crippen LogP contribution in [-0.2, 0) is 12.2 Å². The minimum atomic E-state index is -1.21. The lowest BCUT2D eigenvalue weighted by Gasteiger charge is -2.32. The average molecular weight is 586 g/mol. The van der Waals surface area contributed by atoms with E-state index in [0.717, 1.165) is 34.5 Å². The van der Waals surface area contributed by atoms with Crippen molar-refractivity contribution in [2.45, 2.75) is 51.9 Å². The minimum absolute atomic E-state index is 0.0835. The van der Waals surface area contributed by atoms with Gasteiger partial charge in [-0.25, -0.2) is 9.67 Å². The Kier molecular flexibility index (Phi) is 8.45. The molecule has 222 valence electrons. The maximum atomic E-state index is 6.66. The summed E-state index contributed by atoms with van der Waals surface area (Å²) >= 11 is 0. The Labute approximate surface area is 256 Å². The maximum Gasteiger partial charge on any atom is 0.314 e. The lowest BCUT2D eigenvalue weighted by atomic mass is 9.98. The molecule has 0 atom stereocenters. The van der Waals surface area contributed by atoms with Gasteiger partial charge in [-0.05, 0) is 66.4 Å². The zero-order valence-electron chi connectivity index (χ0n) is 25.1. The van der Waals surface area contributed by atoms with Gasteiger partial charge >= 0.3 is 5.79 Å². The summed E-state index contributed by atoms with van der Waals surface area (Å²) in [5.74, 6) is 2.07. The number of nitrogens with one attached hydrogen (secondary N) is 1. The highest BCUT2D eigenvalue weighted by Crippen LogP contribution is 2.35. The van der Waals surface area contributed by atoms with Crippen molar-refractivity contribution in [1.29, 1.82) is 0 Å². The van der Waals surface area contributed by atoms with Crippen molar-refractivity contribution in [1.82, 2.24) is 35.4 Å². The molecule has 0 saturated heterocycles. The summed E-state index contributed by atoms with van der Waals surface area (Å²) < 4.78 is 15.3. The smallest absolute Gasteiger partial charge is 0.314 e. The first-order valence-corrected chi connectivity index (χ1v) is 14.9. The van der Waals surface area contributed by atoms with Crippen molar-refractivity contribution >= 4 is 0 Å². The van der Waals surface area contributed by atoms with E-state index >= 15 is 0 Å². The molecule has 0 aliphatic carbocycles. The normalized spacial score (nSPS) is 11.5. The molecule has 4 aromatic carbocycles. The van der Waals surface area contributed by atoms with Crippen LogP contribution in [0.1, 0.15) is 56.9 Å². The lowest BCUT2D eigenvalue weighted by molar-refractivity contribution is -0.135. The molecular formula is C35H35N7O2. The number of H-pyrrole nitrogens is 1. The topological polar surface area (TPSA) is 104 Å². The molecule has 0 unspecified atom stereocenters. The molecule has 2 heterocycles. The Bertz CT molecular complexity index is 1730. The number of ether oxygens (including phenoxy) is 2. The summed E-state index contributed by atoms with van der Waals surface area (Å²) in [6, 6.07) is 36.0. The second kappa shape index (κ2) is 12.9. The summed E-state index contributed by atoms with van der Waals surface area (Å²) in [5.41, 5.74) is 4.13. The van der Waals surface area contributed by atoms with Crippen LogP contribution in [0.3, 0.4) is 0 Å². The third-order valence-electron chi connectivity index (χ3n) is 7.30. The quantitative estimate of drug-likeness (QED) is 0.149. The number of aromatic amines is 1. The highest BCUT2D eigenvalue weighted by atomic mass is 16.7. The first-order chi connectivity index (χ1) is 21.5. The standard InChI is InChI=1S/C35H35N7O2/c1-4-23-35(43-28-13-7-5-8-14-28,44-29-15-9-6-10-16-29)34-36-32(42(39-34)25(2)3)24-26-19-21-27(22-20-26)30-17-11-12-18-31(30)33-37-40-41-38-33/h5-22,25H,4,23-24H2,1-3H3,(H,37,38,40,41). The zero-order chi connectivity index (χ0) is 30.4. The van der Waals surface area contributed by atoms with Gasteiger partial charge in [0.15, 0.2) is 0 Å². The predicted molar refractivity (Wildman–Crippen MR) is 169 cm³/mol. The van der Waals surface area contributed by atoms with Crippen LogP contribution in [0.25, 0.3) is 22.5 Å². The molecule has 0 amide bonds. The molecule has 6 aromatic rings. The molecule has 0 fully saturated rings. The fraction of sp³-hybridized carbons (Fsp3) is 0.229. The number of tetrazole rings is 1. The number of nitrogens with zero attached hydrogens (tertiary/aromatic N) is 6. The van der Waals surface area contributed by atoms with Crippen LogP contribution < -0.4 is 9.47 Å². The molecule has 0 aliphatic heterocycles. The van der Waals surface area contributed by atoms with E-state index in [9.17, 15) is 0 Å². The summed E-state index contributed by atoms with van der Waals surface area (Å²) in [6.45, 7) is 6.32.